The third-order valence-electron chi connectivity index (χ3n) is 3.67. The van der Waals surface area contributed by atoms with Gasteiger partial charge in [-0.1, -0.05) is 19.1 Å². The van der Waals surface area contributed by atoms with Crippen LogP contribution in [0.25, 0.3) is 0 Å². The fraction of sp³-hybridized carbons (Fsp3) is 0.500. The first-order valence-electron chi connectivity index (χ1n) is 7.42. The van der Waals surface area contributed by atoms with E-state index in [0.29, 0.717) is 6.04 Å². The van der Waals surface area contributed by atoms with E-state index in [1.54, 1.807) is 13.4 Å². The third-order valence-corrected chi connectivity index (χ3v) is 3.67. The van der Waals surface area contributed by atoms with Gasteiger partial charge in [-0.2, -0.15) is 5.10 Å². The Labute approximate surface area is 126 Å². The Balaban J connectivity index is 1.91. The number of methoxy groups -OCH3 is 1. The van der Waals surface area contributed by atoms with E-state index in [-0.39, 0.29) is 0 Å². The molecule has 1 aromatic heterocycles. The van der Waals surface area contributed by atoms with Crippen LogP contribution >= 0.6 is 0 Å². The molecule has 0 aliphatic carbocycles. The average Bonchev–Trinajstić information content (AvgIpc) is 2.91. The maximum Gasteiger partial charge on any atom is 0.138 e. The highest BCUT2D eigenvalue weighted by Crippen LogP contribution is 2.14. The summed E-state index contributed by atoms with van der Waals surface area (Å²) in [6.07, 6.45) is 4.63. The van der Waals surface area contributed by atoms with Gasteiger partial charge >= 0.3 is 0 Å². The number of benzene rings is 1. The SMILES string of the molecule is CCNC(CCc1ccc(OC)cc1)Cc1ncnn1C. The summed E-state index contributed by atoms with van der Waals surface area (Å²) in [4.78, 5) is 4.31. The second kappa shape index (κ2) is 7.78. The smallest absolute Gasteiger partial charge is 0.138 e. The van der Waals surface area contributed by atoms with Gasteiger partial charge in [0.25, 0.3) is 0 Å². The van der Waals surface area contributed by atoms with E-state index in [1.165, 1.54) is 5.56 Å². The predicted octanol–water partition coefficient (Wildman–Crippen LogP) is 1.98. The normalized spacial score (nSPS) is 12.3. The van der Waals surface area contributed by atoms with Crippen LogP contribution in [0.3, 0.4) is 0 Å². The molecule has 21 heavy (non-hydrogen) atoms. The fourth-order valence-electron chi connectivity index (χ4n) is 2.42. The quantitative estimate of drug-likeness (QED) is 0.807. The molecule has 1 aromatic carbocycles. The minimum absolute atomic E-state index is 0.417. The van der Waals surface area contributed by atoms with E-state index in [2.05, 4.69) is 34.5 Å². The van der Waals surface area contributed by atoms with E-state index < -0.39 is 0 Å². The molecule has 0 bridgehead atoms. The van der Waals surface area contributed by atoms with Gasteiger partial charge in [0, 0.05) is 19.5 Å². The van der Waals surface area contributed by atoms with Gasteiger partial charge in [0.15, 0.2) is 0 Å². The molecular formula is C16H24N4O. The standard InChI is InChI=1S/C16H24N4O/c1-4-17-14(11-16-18-12-19-20(16)2)8-5-13-6-9-15(21-3)10-7-13/h6-7,9-10,12,14,17H,4-5,8,11H2,1-3H3. The Morgan fingerprint density at radius 3 is 2.62 bits per heavy atom. The van der Waals surface area contributed by atoms with Crippen LogP contribution in [0.2, 0.25) is 0 Å². The molecule has 1 atom stereocenters. The molecule has 0 fully saturated rings. The number of likely N-dealkylation sites (N-methyl/N-ethyl adjacent to an activating group) is 1. The molecule has 1 N–H and O–H groups in total. The van der Waals surface area contributed by atoms with Gasteiger partial charge in [0.05, 0.1) is 7.11 Å². The van der Waals surface area contributed by atoms with E-state index in [1.807, 2.05) is 23.9 Å². The maximum absolute atomic E-state index is 5.19. The summed E-state index contributed by atoms with van der Waals surface area (Å²) in [6, 6.07) is 8.70. The summed E-state index contributed by atoms with van der Waals surface area (Å²) < 4.78 is 7.03. The molecule has 0 aliphatic rings. The second-order valence-electron chi connectivity index (χ2n) is 5.15. The summed E-state index contributed by atoms with van der Waals surface area (Å²) in [7, 11) is 3.63. The second-order valence-corrected chi connectivity index (χ2v) is 5.15. The van der Waals surface area contributed by atoms with Crippen molar-refractivity contribution >= 4 is 0 Å². The van der Waals surface area contributed by atoms with Gasteiger partial charge in [0.1, 0.15) is 17.9 Å². The van der Waals surface area contributed by atoms with Gasteiger partial charge in [-0.15, -0.1) is 0 Å². The number of rotatable bonds is 8. The van der Waals surface area contributed by atoms with Crippen molar-refractivity contribution in [2.75, 3.05) is 13.7 Å². The van der Waals surface area contributed by atoms with Crippen molar-refractivity contribution in [2.24, 2.45) is 7.05 Å². The van der Waals surface area contributed by atoms with E-state index in [4.69, 9.17) is 4.74 Å². The van der Waals surface area contributed by atoms with E-state index >= 15 is 0 Å². The van der Waals surface area contributed by atoms with Crippen molar-refractivity contribution in [3.63, 3.8) is 0 Å². The molecular weight excluding hydrogens is 264 g/mol. The Kier molecular flexibility index (Phi) is 5.75. The molecule has 2 rings (SSSR count). The largest absolute Gasteiger partial charge is 0.497 e. The monoisotopic (exact) mass is 288 g/mol. The fourth-order valence-corrected chi connectivity index (χ4v) is 2.42. The summed E-state index contributed by atoms with van der Waals surface area (Å²) in [5, 5.41) is 7.67. The summed E-state index contributed by atoms with van der Waals surface area (Å²) in [6.45, 7) is 3.10. The molecule has 2 aromatic rings. The number of aryl methyl sites for hydroxylation is 2. The summed E-state index contributed by atoms with van der Waals surface area (Å²) in [5.74, 6) is 1.93. The van der Waals surface area contributed by atoms with Crippen LogP contribution in [0.4, 0.5) is 0 Å². The summed E-state index contributed by atoms with van der Waals surface area (Å²) in [5.41, 5.74) is 1.33. The molecule has 0 aliphatic heterocycles. The molecule has 0 saturated heterocycles. The summed E-state index contributed by atoms with van der Waals surface area (Å²) >= 11 is 0. The van der Waals surface area contributed by atoms with Crippen molar-refractivity contribution in [1.29, 1.82) is 0 Å². The van der Waals surface area contributed by atoms with Crippen LogP contribution in [0.15, 0.2) is 30.6 Å². The average molecular weight is 288 g/mol. The molecule has 5 nitrogen and oxygen atoms in total. The molecule has 1 heterocycles. The van der Waals surface area contributed by atoms with Crippen molar-refractivity contribution < 1.29 is 4.74 Å². The topological polar surface area (TPSA) is 52.0 Å². The van der Waals surface area contributed by atoms with Crippen LogP contribution in [0.5, 0.6) is 5.75 Å². The number of nitrogens with one attached hydrogen (secondary N) is 1. The van der Waals surface area contributed by atoms with Crippen molar-refractivity contribution in [3.05, 3.63) is 42.0 Å². The van der Waals surface area contributed by atoms with Gasteiger partial charge in [-0.25, -0.2) is 4.98 Å². The number of nitrogens with zero attached hydrogens (tertiary/aromatic N) is 3. The molecule has 0 radical (unpaired) electrons. The number of hydrogen-bond donors (Lipinski definition) is 1. The minimum atomic E-state index is 0.417. The number of hydrogen-bond acceptors (Lipinski definition) is 4. The highest BCUT2D eigenvalue weighted by atomic mass is 16.5. The van der Waals surface area contributed by atoms with Crippen LogP contribution in [-0.4, -0.2) is 34.5 Å². The zero-order chi connectivity index (χ0) is 15.1. The van der Waals surface area contributed by atoms with Crippen LogP contribution in [-0.2, 0) is 19.9 Å². The van der Waals surface area contributed by atoms with Crippen molar-refractivity contribution in [1.82, 2.24) is 20.1 Å². The first kappa shape index (κ1) is 15.5. The minimum Gasteiger partial charge on any atom is -0.497 e. The Morgan fingerprint density at radius 1 is 1.29 bits per heavy atom. The lowest BCUT2D eigenvalue weighted by molar-refractivity contribution is 0.414. The first-order chi connectivity index (χ1) is 10.2. The van der Waals surface area contributed by atoms with Crippen molar-refractivity contribution in [3.8, 4) is 5.75 Å². The third kappa shape index (κ3) is 4.56. The van der Waals surface area contributed by atoms with Gasteiger partial charge in [0.2, 0.25) is 0 Å². The lowest BCUT2D eigenvalue weighted by atomic mass is 10.0. The Morgan fingerprint density at radius 2 is 2.05 bits per heavy atom. The zero-order valence-electron chi connectivity index (χ0n) is 13.0. The molecule has 0 spiro atoms. The number of ether oxygens (including phenoxy) is 1. The lowest BCUT2D eigenvalue weighted by Crippen LogP contribution is -2.32. The molecule has 5 heteroatoms. The first-order valence-corrected chi connectivity index (χ1v) is 7.42. The van der Waals surface area contributed by atoms with Crippen LogP contribution in [0, 0.1) is 0 Å². The molecule has 0 saturated carbocycles. The highest BCUT2D eigenvalue weighted by Gasteiger charge is 2.12. The van der Waals surface area contributed by atoms with E-state index in [0.717, 1.165) is 37.4 Å². The Bertz CT molecular complexity index is 535. The van der Waals surface area contributed by atoms with Gasteiger partial charge < -0.3 is 10.1 Å². The van der Waals surface area contributed by atoms with E-state index in [9.17, 15) is 0 Å². The maximum atomic E-state index is 5.19. The lowest BCUT2D eigenvalue weighted by Gasteiger charge is -2.17. The van der Waals surface area contributed by atoms with Crippen LogP contribution < -0.4 is 10.1 Å². The Hall–Kier alpha value is -1.88. The molecule has 1 unspecified atom stereocenters. The highest BCUT2D eigenvalue weighted by molar-refractivity contribution is 5.27. The predicted molar refractivity (Wildman–Crippen MR) is 83.5 cm³/mol. The van der Waals surface area contributed by atoms with Gasteiger partial charge in [-0.3, -0.25) is 4.68 Å². The molecule has 0 amide bonds. The van der Waals surface area contributed by atoms with Crippen molar-refractivity contribution in [2.45, 2.75) is 32.2 Å². The van der Waals surface area contributed by atoms with Crippen LogP contribution in [0.1, 0.15) is 24.7 Å². The number of aromatic nitrogens is 3. The van der Waals surface area contributed by atoms with Gasteiger partial charge in [-0.05, 0) is 37.1 Å². The zero-order valence-corrected chi connectivity index (χ0v) is 13.0. The molecule has 114 valence electrons.